The van der Waals surface area contributed by atoms with Crippen molar-refractivity contribution in [2.45, 2.75) is 65.2 Å². The first-order chi connectivity index (χ1) is 9.26. The summed E-state index contributed by atoms with van der Waals surface area (Å²) in [6, 6.07) is 9.34. The zero-order chi connectivity index (χ0) is 13.7. The van der Waals surface area contributed by atoms with Crippen LogP contribution in [0, 0.1) is 5.92 Å². The van der Waals surface area contributed by atoms with Gasteiger partial charge >= 0.3 is 0 Å². The summed E-state index contributed by atoms with van der Waals surface area (Å²) >= 11 is 0. The molecule has 0 aromatic heterocycles. The molecule has 104 valence electrons. The van der Waals surface area contributed by atoms with Gasteiger partial charge in [-0.1, -0.05) is 63.5 Å². The summed E-state index contributed by atoms with van der Waals surface area (Å²) in [5.74, 6) is 1.48. The lowest BCUT2D eigenvalue weighted by Gasteiger charge is -2.25. The summed E-state index contributed by atoms with van der Waals surface area (Å²) in [6.45, 7) is 6.78. The van der Waals surface area contributed by atoms with Crippen LogP contribution in [0.4, 0.5) is 0 Å². The van der Waals surface area contributed by atoms with Gasteiger partial charge in [0, 0.05) is 0 Å². The number of rotatable bonds is 4. The molecule has 0 bridgehead atoms. The number of hydrogen-bond donors (Lipinski definition) is 0. The summed E-state index contributed by atoms with van der Waals surface area (Å²) in [5.41, 5.74) is 4.50. The van der Waals surface area contributed by atoms with E-state index in [1.54, 1.807) is 5.57 Å². The van der Waals surface area contributed by atoms with Crippen molar-refractivity contribution in [2.24, 2.45) is 5.92 Å². The lowest BCUT2D eigenvalue weighted by atomic mass is 9.80. The van der Waals surface area contributed by atoms with Gasteiger partial charge in [-0.15, -0.1) is 0 Å². The van der Waals surface area contributed by atoms with Gasteiger partial charge in [0.1, 0.15) is 0 Å². The maximum Gasteiger partial charge on any atom is -0.0159 e. The SMILES string of the molecule is CC=C(c1ccc(C(C)CC)cc1)C1CCCCC1. The van der Waals surface area contributed by atoms with Gasteiger partial charge in [-0.25, -0.2) is 0 Å². The first-order valence-corrected chi connectivity index (χ1v) is 8.02. The molecule has 1 aromatic rings. The molecule has 2 rings (SSSR count). The molecule has 0 N–H and O–H groups in total. The third-order valence-electron chi connectivity index (χ3n) is 4.78. The Hall–Kier alpha value is -1.04. The van der Waals surface area contributed by atoms with E-state index in [1.165, 1.54) is 49.7 Å². The first-order valence-electron chi connectivity index (χ1n) is 8.02. The molecule has 0 heterocycles. The molecular formula is C19H28. The Morgan fingerprint density at radius 1 is 1.16 bits per heavy atom. The summed E-state index contributed by atoms with van der Waals surface area (Å²) in [7, 11) is 0. The fourth-order valence-electron chi connectivity index (χ4n) is 3.29. The molecule has 1 atom stereocenters. The van der Waals surface area contributed by atoms with Gasteiger partial charge in [-0.3, -0.25) is 0 Å². The van der Waals surface area contributed by atoms with Crippen molar-refractivity contribution in [1.29, 1.82) is 0 Å². The van der Waals surface area contributed by atoms with Crippen LogP contribution in [0.15, 0.2) is 30.3 Å². The summed E-state index contributed by atoms with van der Waals surface area (Å²) in [6.07, 6.45) is 10.6. The highest BCUT2D eigenvalue weighted by Gasteiger charge is 2.18. The normalized spacial score (nSPS) is 19.4. The Bertz CT molecular complexity index is 404. The summed E-state index contributed by atoms with van der Waals surface area (Å²) in [5, 5.41) is 0. The standard InChI is InChI=1S/C19H28/c1-4-15(3)16-11-13-18(14-12-16)19(5-2)17-9-7-6-8-10-17/h5,11-15,17H,4,6-10H2,1-3H3. The van der Waals surface area contributed by atoms with E-state index < -0.39 is 0 Å². The third kappa shape index (κ3) is 3.49. The van der Waals surface area contributed by atoms with Crippen molar-refractivity contribution >= 4 is 5.57 Å². The minimum atomic E-state index is 0.679. The largest absolute Gasteiger partial charge is 0.0836 e. The minimum absolute atomic E-state index is 0.679. The quantitative estimate of drug-likeness (QED) is 0.603. The fraction of sp³-hybridized carbons (Fsp3) is 0.579. The molecule has 0 heteroatoms. The second-order valence-corrected chi connectivity index (χ2v) is 6.01. The van der Waals surface area contributed by atoms with Crippen molar-refractivity contribution in [3.8, 4) is 0 Å². The highest BCUT2D eigenvalue weighted by molar-refractivity contribution is 5.67. The molecule has 0 saturated heterocycles. The first kappa shape index (κ1) is 14.4. The summed E-state index contributed by atoms with van der Waals surface area (Å²) in [4.78, 5) is 0. The van der Waals surface area contributed by atoms with Crippen LogP contribution in [0.2, 0.25) is 0 Å². The lowest BCUT2D eigenvalue weighted by molar-refractivity contribution is 0.429. The Morgan fingerprint density at radius 3 is 2.32 bits per heavy atom. The van der Waals surface area contributed by atoms with Crippen LogP contribution in [0.5, 0.6) is 0 Å². The van der Waals surface area contributed by atoms with Gasteiger partial charge < -0.3 is 0 Å². The molecule has 0 amide bonds. The Kier molecular flexibility index (Phi) is 5.24. The van der Waals surface area contributed by atoms with Crippen molar-refractivity contribution < 1.29 is 0 Å². The zero-order valence-corrected chi connectivity index (χ0v) is 12.8. The van der Waals surface area contributed by atoms with Crippen molar-refractivity contribution in [3.63, 3.8) is 0 Å². The van der Waals surface area contributed by atoms with Gasteiger partial charge in [0.25, 0.3) is 0 Å². The smallest absolute Gasteiger partial charge is 0.0159 e. The van der Waals surface area contributed by atoms with E-state index in [-0.39, 0.29) is 0 Å². The van der Waals surface area contributed by atoms with Gasteiger partial charge in [0.15, 0.2) is 0 Å². The van der Waals surface area contributed by atoms with Crippen LogP contribution in [0.1, 0.15) is 76.3 Å². The van der Waals surface area contributed by atoms with Crippen molar-refractivity contribution in [1.82, 2.24) is 0 Å². The molecule has 1 aromatic carbocycles. The topological polar surface area (TPSA) is 0 Å². The molecule has 1 fully saturated rings. The van der Waals surface area contributed by atoms with Gasteiger partial charge in [-0.05, 0) is 54.7 Å². The van der Waals surface area contributed by atoms with E-state index in [2.05, 4.69) is 51.1 Å². The van der Waals surface area contributed by atoms with Crippen LogP contribution in [0.3, 0.4) is 0 Å². The van der Waals surface area contributed by atoms with Crippen LogP contribution in [0.25, 0.3) is 5.57 Å². The van der Waals surface area contributed by atoms with Gasteiger partial charge in [-0.2, -0.15) is 0 Å². The minimum Gasteiger partial charge on any atom is -0.0836 e. The van der Waals surface area contributed by atoms with Crippen molar-refractivity contribution in [2.75, 3.05) is 0 Å². The fourth-order valence-corrected chi connectivity index (χ4v) is 3.29. The third-order valence-corrected chi connectivity index (χ3v) is 4.78. The molecule has 1 aliphatic carbocycles. The summed E-state index contributed by atoms with van der Waals surface area (Å²) < 4.78 is 0. The molecule has 19 heavy (non-hydrogen) atoms. The zero-order valence-electron chi connectivity index (χ0n) is 12.8. The van der Waals surface area contributed by atoms with Crippen LogP contribution in [-0.4, -0.2) is 0 Å². The van der Waals surface area contributed by atoms with E-state index in [9.17, 15) is 0 Å². The average Bonchev–Trinajstić information content (AvgIpc) is 2.49. The monoisotopic (exact) mass is 256 g/mol. The number of benzene rings is 1. The number of allylic oxidation sites excluding steroid dienone is 2. The van der Waals surface area contributed by atoms with Crippen LogP contribution < -0.4 is 0 Å². The maximum atomic E-state index is 2.34. The predicted molar refractivity (Wildman–Crippen MR) is 85.4 cm³/mol. The van der Waals surface area contributed by atoms with Gasteiger partial charge in [0.05, 0.1) is 0 Å². The Balaban J connectivity index is 2.15. The highest BCUT2D eigenvalue weighted by Crippen LogP contribution is 2.35. The van der Waals surface area contributed by atoms with E-state index in [4.69, 9.17) is 0 Å². The van der Waals surface area contributed by atoms with Crippen molar-refractivity contribution in [3.05, 3.63) is 41.5 Å². The van der Waals surface area contributed by atoms with E-state index in [0.29, 0.717) is 5.92 Å². The van der Waals surface area contributed by atoms with E-state index in [1.807, 2.05) is 0 Å². The maximum absolute atomic E-state index is 2.34. The molecule has 1 aliphatic rings. The second kappa shape index (κ2) is 6.93. The molecule has 0 aliphatic heterocycles. The lowest BCUT2D eigenvalue weighted by Crippen LogP contribution is -2.08. The van der Waals surface area contributed by atoms with E-state index in [0.717, 1.165) is 5.92 Å². The predicted octanol–water partition coefficient (Wildman–Crippen LogP) is 6.18. The molecule has 0 nitrogen and oxygen atoms in total. The highest BCUT2D eigenvalue weighted by atomic mass is 14.2. The molecular weight excluding hydrogens is 228 g/mol. The molecule has 0 radical (unpaired) electrons. The molecule has 1 unspecified atom stereocenters. The van der Waals surface area contributed by atoms with Crippen LogP contribution in [-0.2, 0) is 0 Å². The second-order valence-electron chi connectivity index (χ2n) is 6.01. The molecule has 0 spiro atoms. The van der Waals surface area contributed by atoms with Gasteiger partial charge in [0.2, 0.25) is 0 Å². The van der Waals surface area contributed by atoms with E-state index >= 15 is 0 Å². The Labute approximate surface area is 118 Å². The van der Waals surface area contributed by atoms with Crippen LogP contribution >= 0.6 is 0 Å². The average molecular weight is 256 g/mol. The molecule has 1 saturated carbocycles. The number of hydrogen-bond acceptors (Lipinski definition) is 0. The Morgan fingerprint density at radius 2 is 1.79 bits per heavy atom.